The number of ether oxygens (including phenoxy) is 1. The third-order valence-corrected chi connectivity index (χ3v) is 5.05. The molecule has 2 aliphatic rings. The molecule has 0 unspecified atom stereocenters. The van der Waals surface area contributed by atoms with Gasteiger partial charge < -0.3 is 19.9 Å². The van der Waals surface area contributed by atoms with Crippen LogP contribution in [0.3, 0.4) is 0 Å². The average Bonchev–Trinajstić information content (AvgIpc) is 2.91. The minimum atomic E-state index is -0.255. The summed E-state index contributed by atoms with van der Waals surface area (Å²) < 4.78 is 5.02. The maximum atomic E-state index is 12.5. The van der Waals surface area contributed by atoms with Crippen LogP contribution in [0.2, 0.25) is 0 Å². The van der Waals surface area contributed by atoms with Gasteiger partial charge in [-0.15, -0.1) is 0 Å². The van der Waals surface area contributed by atoms with E-state index in [4.69, 9.17) is 4.74 Å². The Morgan fingerprint density at radius 3 is 2.68 bits per heavy atom. The number of carbonyl (C=O) groups excluding carboxylic acids is 2. The molecule has 136 valence electrons. The lowest BCUT2D eigenvalue weighted by Gasteiger charge is -2.32. The molecule has 3 rings (SSSR count). The fourth-order valence-corrected chi connectivity index (χ4v) is 3.72. The molecule has 1 N–H and O–H groups in total. The van der Waals surface area contributed by atoms with Crippen molar-refractivity contribution in [3.05, 3.63) is 29.8 Å². The zero-order valence-corrected chi connectivity index (χ0v) is 15.0. The Morgan fingerprint density at radius 1 is 1.24 bits per heavy atom. The molecule has 1 aromatic carbocycles. The molecule has 1 aromatic rings. The highest BCUT2D eigenvalue weighted by atomic mass is 16.6. The summed E-state index contributed by atoms with van der Waals surface area (Å²) in [4.78, 5) is 28.1. The lowest BCUT2D eigenvalue weighted by Crippen LogP contribution is -2.49. The molecule has 0 aromatic heterocycles. The van der Waals surface area contributed by atoms with Gasteiger partial charge in [-0.2, -0.15) is 0 Å². The van der Waals surface area contributed by atoms with Gasteiger partial charge in [-0.1, -0.05) is 18.2 Å². The number of rotatable bonds is 4. The fourth-order valence-electron chi connectivity index (χ4n) is 3.72. The van der Waals surface area contributed by atoms with Crippen LogP contribution < -0.4 is 10.2 Å². The van der Waals surface area contributed by atoms with Crippen LogP contribution in [0.1, 0.15) is 32.3 Å². The number of anilines is 1. The lowest BCUT2D eigenvalue weighted by atomic mass is 10.1. The summed E-state index contributed by atoms with van der Waals surface area (Å²) in [7, 11) is 0. The van der Waals surface area contributed by atoms with Gasteiger partial charge in [0.25, 0.3) is 0 Å². The minimum absolute atomic E-state index is 0.0538. The molecule has 25 heavy (non-hydrogen) atoms. The van der Waals surface area contributed by atoms with Gasteiger partial charge in [-0.05, 0) is 44.7 Å². The van der Waals surface area contributed by atoms with E-state index in [9.17, 15) is 9.59 Å². The van der Waals surface area contributed by atoms with Crippen LogP contribution in [-0.4, -0.2) is 55.2 Å². The zero-order chi connectivity index (χ0) is 17.8. The second-order valence-electron chi connectivity index (χ2n) is 6.84. The molecular weight excluding hydrogens is 318 g/mol. The van der Waals surface area contributed by atoms with Crippen molar-refractivity contribution in [1.82, 2.24) is 10.2 Å². The standard InChI is InChI=1S/C19H27N3O3/c1-3-25-19(24)21-10-8-16(9-11-21)20-18(23)13-22-14(2)12-15-6-4-5-7-17(15)22/h4-7,14,16H,3,8-13H2,1-2H3,(H,20,23)/t14-/m1/s1. The zero-order valence-electron chi connectivity index (χ0n) is 15.0. The van der Waals surface area contributed by atoms with Crippen molar-refractivity contribution in [2.75, 3.05) is 31.1 Å². The number of carbonyl (C=O) groups is 2. The molecule has 1 atom stereocenters. The number of fused-ring (bicyclic) bond motifs is 1. The predicted molar refractivity (Wildman–Crippen MR) is 96.7 cm³/mol. The van der Waals surface area contributed by atoms with Crippen LogP contribution in [0.25, 0.3) is 0 Å². The van der Waals surface area contributed by atoms with E-state index in [1.54, 1.807) is 4.90 Å². The van der Waals surface area contributed by atoms with Crippen molar-refractivity contribution >= 4 is 17.7 Å². The van der Waals surface area contributed by atoms with Crippen molar-refractivity contribution in [2.45, 2.75) is 45.2 Å². The molecule has 2 heterocycles. The Kier molecular flexibility index (Phi) is 5.46. The number of hydrogen-bond donors (Lipinski definition) is 1. The van der Waals surface area contributed by atoms with Gasteiger partial charge >= 0.3 is 6.09 Å². The quantitative estimate of drug-likeness (QED) is 0.908. The van der Waals surface area contributed by atoms with E-state index >= 15 is 0 Å². The third-order valence-electron chi connectivity index (χ3n) is 5.05. The van der Waals surface area contributed by atoms with Crippen molar-refractivity contribution in [3.63, 3.8) is 0 Å². The topological polar surface area (TPSA) is 61.9 Å². The Hall–Kier alpha value is -2.24. The van der Waals surface area contributed by atoms with Crippen LogP contribution in [0.15, 0.2) is 24.3 Å². The second-order valence-corrected chi connectivity index (χ2v) is 6.84. The van der Waals surface area contributed by atoms with Crippen LogP contribution in [0.4, 0.5) is 10.5 Å². The molecule has 6 nitrogen and oxygen atoms in total. The molecule has 0 bridgehead atoms. The lowest BCUT2D eigenvalue weighted by molar-refractivity contribution is -0.120. The summed E-state index contributed by atoms with van der Waals surface area (Å²) in [6.45, 7) is 6.01. The first-order valence-corrected chi connectivity index (χ1v) is 9.14. The van der Waals surface area contributed by atoms with E-state index in [0.29, 0.717) is 32.3 Å². The van der Waals surface area contributed by atoms with Crippen LogP contribution in [0.5, 0.6) is 0 Å². The SMILES string of the molecule is CCOC(=O)N1CCC(NC(=O)CN2c3ccccc3C[C@H]2C)CC1. The van der Waals surface area contributed by atoms with Gasteiger partial charge in [0.15, 0.2) is 0 Å². The highest BCUT2D eigenvalue weighted by Gasteiger charge is 2.29. The van der Waals surface area contributed by atoms with Crippen molar-refractivity contribution in [1.29, 1.82) is 0 Å². The summed E-state index contributed by atoms with van der Waals surface area (Å²) in [6, 6.07) is 8.76. The molecule has 0 saturated carbocycles. The van der Waals surface area contributed by atoms with E-state index in [-0.39, 0.29) is 18.0 Å². The monoisotopic (exact) mass is 345 g/mol. The number of piperidine rings is 1. The Balaban J connectivity index is 1.49. The van der Waals surface area contributed by atoms with Crippen molar-refractivity contribution < 1.29 is 14.3 Å². The first kappa shape index (κ1) is 17.6. The second kappa shape index (κ2) is 7.76. The number of nitrogens with zero attached hydrogens (tertiary/aromatic N) is 2. The molecule has 2 amide bonds. The van der Waals surface area contributed by atoms with E-state index in [0.717, 1.165) is 19.3 Å². The van der Waals surface area contributed by atoms with Crippen LogP contribution in [-0.2, 0) is 16.0 Å². The first-order chi connectivity index (χ1) is 12.1. The molecule has 0 radical (unpaired) electrons. The number of para-hydroxylation sites is 1. The summed E-state index contributed by atoms with van der Waals surface area (Å²) in [5.74, 6) is 0.0538. The normalized spacial score (nSPS) is 20.3. The van der Waals surface area contributed by atoms with E-state index in [1.807, 2.05) is 19.1 Å². The Labute approximate surface area is 149 Å². The van der Waals surface area contributed by atoms with Crippen LogP contribution in [0, 0.1) is 0 Å². The van der Waals surface area contributed by atoms with Gasteiger partial charge in [0.1, 0.15) is 0 Å². The summed E-state index contributed by atoms with van der Waals surface area (Å²) in [5, 5.41) is 3.13. The summed E-state index contributed by atoms with van der Waals surface area (Å²) in [6.07, 6.45) is 2.28. The molecule has 1 saturated heterocycles. The molecular formula is C19H27N3O3. The largest absolute Gasteiger partial charge is 0.450 e. The molecule has 1 fully saturated rings. The van der Waals surface area contributed by atoms with Crippen LogP contribution >= 0.6 is 0 Å². The first-order valence-electron chi connectivity index (χ1n) is 9.14. The van der Waals surface area contributed by atoms with Gasteiger partial charge in [0.2, 0.25) is 5.91 Å². The van der Waals surface area contributed by atoms with Gasteiger partial charge in [0, 0.05) is 30.9 Å². The minimum Gasteiger partial charge on any atom is -0.450 e. The van der Waals surface area contributed by atoms with E-state index < -0.39 is 0 Å². The average molecular weight is 345 g/mol. The Bertz CT molecular complexity index is 626. The van der Waals surface area contributed by atoms with E-state index in [2.05, 4.69) is 29.3 Å². The maximum absolute atomic E-state index is 12.5. The number of likely N-dealkylation sites (tertiary alicyclic amines) is 1. The Morgan fingerprint density at radius 2 is 1.96 bits per heavy atom. The van der Waals surface area contributed by atoms with Gasteiger partial charge in [0.05, 0.1) is 13.2 Å². The van der Waals surface area contributed by atoms with Crippen molar-refractivity contribution in [3.8, 4) is 0 Å². The van der Waals surface area contributed by atoms with Crippen molar-refractivity contribution in [2.24, 2.45) is 0 Å². The number of benzene rings is 1. The molecule has 2 aliphatic heterocycles. The predicted octanol–water partition coefficient (Wildman–Crippen LogP) is 2.17. The van der Waals surface area contributed by atoms with Gasteiger partial charge in [-0.3, -0.25) is 4.79 Å². The smallest absolute Gasteiger partial charge is 0.409 e. The number of amides is 2. The highest BCUT2D eigenvalue weighted by Crippen LogP contribution is 2.31. The number of nitrogens with one attached hydrogen (secondary N) is 1. The molecule has 6 heteroatoms. The third kappa shape index (κ3) is 4.06. The maximum Gasteiger partial charge on any atom is 0.409 e. The fraction of sp³-hybridized carbons (Fsp3) is 0.579. The molecule has 0 aliphatic carbocycles. The molecule has 0 spiro atoms. The number of hydrogen-bond acceptors (Lipinski definition) is 4. The highest BCUT2D eigenvalue weighted by molar-refractivity contribution is 5.83. The van der Waals surface area contributed by atoms with Gasteiger partial charge in [-0.25, -0.2) is 4.79 Å². The summed E-state index contributed by atoms with van der Waals surface area (Å²) >= 11 is 0. The summed E-state index contributed by atoms with van der Waals surface area (Å²) in [5.41, 5.74) is 2.48. The van der Waals surface area contributed by atoms with E-state index in [1.165, 1.54) is 11.3 Å².